The van der Waals surface area contributed by atoms with Crippen LogP contribution in [0.25, 0.3) is 0 Å². The average Bonchev–Trinajstić information content (AvgIpc) is 2.90. The molecule has 6 heteroatoms. The summed E-state index contributed by atoms with van der Waals surface area (Å²) < 4.78 is 15.6. The molecule has 1 aromatic carbocycles. The minimum absolute atomic E-state index is 0.156. The molecule has 0 unspecified atom stereocenters. The van der Waals surface area contributed by atoms with Crippen molar-refractivity contribution in [2.24, 2.45) is 4.99 Å². The van der Waals surface area contributed by atoms with Crippen molar-refractivity contribution in [1.82, 2.24) is 20.4 Å². The molecule has 25 heavy (non-hydrogen) atoms. The number of benzene rings is 1. The number of aromatic nitrogens is 2. The Hall–Kier alpha value is -2.37. The zero-order valence-electron chi connectivity index (χ0n) is 15.3. The molecule has 0 aliphatic rings. The Balaban J connectivity index is 1.77. The number of aryl methyl sites for hydroxylation is 3. The SMILES string of the molecule is CCNC(=NCCCn1nc(C)cc1C)NCCc1ccccc1F. The van der Waals surface area contributed by atoms with Crippen LogP contribution in [0, 0.1) is 19.7 Å². The molecule has 0 spiro atoms. The number of aliphatic imine (C=N–C) groups is 1. The maximum absolute atomic E-state index is 13.6. The second-order valence-electron chi connectivity index (χ2n) is 6.03. The third kappa shape index (κ3) is 6.21. The van der Waals surface area contributed by atoms with Crippen LogP contribution in [0.3, 0.4) is 0 Å². The summed E-state index contributed by atoms with van der Waals surface area (Å²) in [7, 11) is 0. The summed E-state index contributed by atoms with van der Waals surface area (Å²) in [6, 6.07) is 8.96. The number of guanidine groups is 1. The van der Waals surface area contributed by atoms with E-state index in [9.17, 15) is 4.39 Å². The summed E-state index contributed by atoms with van der Waals surface area (Å²) in [5, 5.41) is 10.9. The first-order chi connectivity index (χ1) is 12.1. The predicted octanol–water partition coefficient (Wildman–Crippen LogP) is 2.83. The van der Waals surface area contributed by atoms with Crippen molar-refractivity contribution in [2.45, 2.75) is 40.2 Å². The van der Waals surface area contributed by atoms with Gasteiger partial charge in [-0.2, -0.15) is 5.10 Å². The number of nitrogens with one attached hydrogen (secondary N) is 2. The van der Waals surface area contributed by atoms with Crippen LogP contribution in [-0.4, -0.2) is 35.4 Å². The quantitative estimate of drug-likeness (QED) is 0.439. The molecule has 0 fully saturated rings. The summed E-state index contributed by atoms with van der Waals surface area (Å²) in [4.78, 5) is 4.58. The molecule has 0 aliphatic carbocycles. The smallest absolute Gasteiger partial charge is 0.191 e. The van der Waals surface area contributed by atoms with E-state index in [4.69, 9.17) is 0 Å². The highest BCUT2D eigenvalue weighted by atomic mass is 19.1. The van der Waals surface area contributed by atoms with E-state index in [1.807, 2.05) is 30.7 Å². The molecular formula is C19H28FN5. The van der Waals surface area contributed by atoms with E-state index in [1.54, 1.807) is 6.07 Å². The fourth-order valence-electron chi connectivity index (χ4n) is 2.67. The van der Waals surface area contributed by atoms with E-state index < -0.39 is 0 Å². The van der Waals surface area contributed by atoms with Crippen LogP contribution in [0.4, 0.5) is 4.39 Å². The van der Waals surface area contributed by atoms with Gasteiger partial charge in [0.15, 0.2) is 5.96 Å². The number of rotatable bonds is 8. The summed E-state index contributed by atoms with van der Waals surface area (Å²) >= 11 is 0. The number of hydrogen-bond donors (Lipinski definition) is 2. The van der Waals surface area contributed by atoms with Crippen molar-refractivity contribution >= 4 is 5.96 Å². The third-order valence-corrected chi connectivity index (χ3v) is 3.89. The fourth-order valence-corrected chi connectivity index (χ4v) is 2.67. The Morgan fingerprint density at radius 1 is 1.24 bits per heavy atom. The van der Waals surface area contributed by atoms with E-state index in [2.05, 4.69) is 33.7 Å². The number of halogens is 1. The summed E-state index contributed by atoms with van der Waals surface area (Å²) in [5.74, 6) is 0.614. The Morgan fingerprint density at radius 2 is 2.04 bits per heavy atom. The lowest BCUT2D eigenvalue weighted by molar-refractivity contribution is 0.567. The fraction of sp³-hybridized carbons (Fsp3) is 0.474. The van der Waals surface area contributed by atoms with Crippen LogP contribution >= 0.6 is 0 Å². The first kappa shape index (κ1) is 19.0. The van der Waals surface area contributed by atoms with Crippen LogP contribution in [-0.2, 0) is 13.0 Å². The molecule has 2 N–H and O–H groups in total. The van der Waals surface area contributed by atoms with Gasteiger partial charge in [-0.05, 0) is 51.3 Å². The molecule has 0 saturated heterocycles. The van der Waals surface area contributed by atoms with Gasteiger partial charge in [-0.25, -0.2) is 4.39 Å². The molecule has 2 rings (SSSR count). The van der Waals surface area contributed by atoms with Gasteiger partial charge in [0.05, 0.1) is 5.69 Å². The van der Waals surface area contributed by atoms with E-state index in [0.29, 0.717) is 19.5 Å². The number of nitrogens with zero attached hydrogens (tertiary/aromatic N) is 3. The normalized spacial score (nSPS) is 11.6. The van der Waals surface area contributed by atoms with E-state index >= 15 is 0 Å². The van der Waals surface area contributed by atoms with Gasteiger partial charge in [0.25, 0.3) is 0 Å². The largest absolute Gasteiger partial charge is 0.357 e. The van der Waals surface area contributed by atoms with Gasteiger partial charge in [0.2, 0.25) is 0 Å². The monoisotopic (exact) mass is 345 g/mol. The number of hydrogen-bond acceptors (Lipinski definition) is 2. The predicted molar refractivity (Wildman–Crippen MR) is 100 cm³/mol. The molecule has 1 aromatic heterocycles. The van der Waals surface area contributed by atoms with Crippen molar-refractivity contribution in [3.8, 4) is 0 Å². The molecule has 136 valence electrons. The summed E-state index contributed by atoms with van der Waals surface area (Å²) in [6.45, 7) is 9.12. The average molecular weight is 345 g/mol. The van der Waals surface area contributed by atoms with Crippen LogP contribution in [0.15, 0.2) is 35.3 Å². The van der Waals surface area contributed by atoms with Gasteiger partial charge >= 0.3 is 0 Å². The highest BCUT2D eigenvalue weighted by molar-refractivity contribution is 5.79. The van der Waals surface area contributed by atoms with Crippen molar-refractivity contribution in [1.29, 1.82) is 0 Å². The van der Waals surface area contributed by atoms with Gasteiger partial charge < -0.3 is 10.6 Å². The Bertz CT molecular complexity index is 693. The lowest BCUT2D eigenvalue weighted by Gasteiger charge is -2.11. The first-order valence-corrected chi connectivity index (χ1v) is 8.86. The van der Waals surface area contributed by atoms with Crippen LogP contribution in [0.1, 0.15) is 30.3 Å². The van der Waals surface area contributed by atoms with Crippen LogP contribution < -0.4 is 10.6 Å². The maximum Gasteiger partial charge on any atom is 0.191 e. The van der Waals surface area contributed by atoms with E-state index in [0.717, 1.165) is 36.7 Å². The Kier molecular flexibility index (Phi) is 7.44. The molecule has 0 radical (unpaired) electrons. The molecule has 0 amide bonds. The summed E-state index contributed by atoms with van der Waals surface area (Å²) in [6.07, 6.45) is 1.55. The molecular weight excluding hydrogens is 317 g/mol. The molecule has 2 aromatic rings. The second kappa shape index (κ2) is 9.81. The van der Waals surface area contributed by atoms with Gasteiger partial charge in [-0.3, -0.25) is 9.67 Å². The lowest BCUT2D eigenvalue weighted by Crippen LogP contribution is -2.38. The molecule has 5 nitrogen and oxygen atoms in total. The van der Waals surface area contributed by atoms with Gasteiger partial charge in [-0.1, -0.05) is 18.2 Å². The highest BCUT2D eigenvalue weighted by Crippen LogP contribution is 2.06. The topological polar surface area (TPSA) is 54.2 Å². The minimum Gasteiger partial charge on any atom is -0.357 e. The lowest BCUT2D eigenvalue weighted by atomic mass is 10.1. The zero-order valence-corrected chi connectivity index (χ0v) is 15.3. The third-order valence-electron chi connectivity index (χ3n) is 3.89. The van der Waals surface area contributed by atoms with E-state index in [-0.39, 0.29) is 5.82 Å². The first-order valence-electron chi connectivity index (χ1n) is 8.86. The molecule has 1 heterocycles. The molecule has 0 atom stereocenters. The van der Waals surface area contributed by atoms with Gasteiger partial charge in [0.1, 0.15) is 5.82 Å². The van der Waals surface area contributed by atoms with Crippen LogP contribution in [0.5, 0.6) is 0 Å². The highest BCUT2D eigenvalue weighted by Gasteiger charge is 2.03. The van der Waals surface area contributed by atoms with Gasteiger partial charge in [0, 0.05) is 31.9 Å². The molecule has 0 bridgehead atoms. The van der Waals surface area contributed by atoms with Crippen LogP contribution in [0.2, 0.25) is 0 Å². The maximum atomic E-state index is 13.6. The summed E-state index contributed by atoms with van der Waals surface area (Å²) in [5.41, 5.74) is 2.94. The van der Waals surface area contributed by atoms with Crippen molar-refractivity contribution < 1.29 is 4.39 Å². The standard InChI is InChI=1S/C19H28FN5/c1-4-21-19(23-12-10-17-8-5-6-9-18(17)20)22-11-7-13-25-16(3)14-15(2)24-25/h5-6,8-9,14H,4,7,10-13H2,1-3H3,(H2,21,22,23). The Labute approximate surface area is 149 Å². The van der Waals surface area contributed by atoms with Gasteiger partial charge in [-0.15, -0.1) is 0 Å². The Morgan fingerprint density at radius 3 is 2.72 bits per heavy atom. The zero-order chi connectivity index (χ0) is 18.1. The van der Waals surface area contributed by atoms with Crippen molar-refractivity contribution in [3.05, 3.63) is 53.1 Å². The molecule has 0 saturated carbocycles. The van der Waals surface area contributed by atoms with Crippen molar-refractivity contribution in [3.63, 3.8) is 0 Å². The molecule has 0 aliphatic heterocycles. The minimum atomic E-state index is -0.156. The second-order valence-corrected chi connectivity index (χ2v) is 6.03. The van der Waals surface area contributed by atoms with E-state index in [1.165, 1.54) is 11.8 Å². The van der Waals surface area contributed by atoms with Crippen molar-refractivity contribution in [2.75, 3.05) is 19.6 Å².